The van der Waals surface area contributed by atoms with Crippen molar-refractivity contribution >= 4 is 27.3 Å². The van der Waals surface area contributed by atoms with Crippen molar-refractivity contribution in [1.29, 1.82) is 0 Å². The minimum Gasteiger partial charge on any atom is -0.311 e. The molecule has 1 aliphatic heterocycles. The summed E-state index contributed by atoms with van der Waals surface area (Å²) in [7, 11) is 0. The van der Waals surface area contributed by atoms with Crippen molar-refractivity contribution in [1.82, 2.24) is 10.2 Å². The molecule has 0 aromatic carbocycles. The molecule has 1 unspecified atom stereocenters. The molecule has 2 fully saturated rings. The third-order valence-corrected chi connectivity index (χ3v) is 6.06. The zero-order chi connectivity index (χ0) is 12.6. The van der Waals surface area contributed by atoms with E-state index in [0.717, 1.165) is 6.54 Å². The molecule has 18 heavy (non-hydrogen) atoms. The topological polar surface area (TPSA) is 15.3 Å². The molecule has 1 saturated heterocycles. The van der Waals surface area contributed by atoms with E-state index in [2.05, 4.69) is 45.2 Å². The quantitative estimate of drug-likeness (QED) is 0.892. The van der Waals surface area contributed by atoms with Gasteiger partial charge < -0.3 is 5.32 Å². The summed E-state index contributed by atoms with van der Waals surface area (Å²) in [5.41, 5.74) is 0.447. The lowest BCUT2D eigenvalue weighted by Crippen LogP contribution is -2.62. The predicted molar refractivity (Wildman–Crippen MR) is 81.1 cm³/mol. The Morgan fingerprint density at radius 2 is 2.22 bits per heavy atom. The van der Waals surface area contributed by atoms with Crippen LogP contribution in [0.2, 0.25) is 0 Å². The number of piperazine rings is 1. The molecule has 2 aliphatic rings. The first kappa shape index (κ1) is 13.1. The number of nitrogens with zero attached hydrogens (tertiary/aromatic N) is 1. The average Bonchev–Trinajstić information content (AvgIpc) is 2.95. The Morgan fingerprint density at radius 1 is 1.44 bits per heavy atom. The first-order chi connectivity index (χ1) is 8.68. The fourth-order valence-electron chi connectivity index (χ4n) is 3.45. The second-order valence-electron chi connectivity index (χ2n) is 5.80. The molecule has 0 amide bonds. The van der Waals surface area contributed by atoms with Crippen LogP contribution < -0.4 is 5.32 Å². The largest absolute Gasteiger partial charge is 0.311 e. The molecule has 1 aromatic heterocycles. The Hall–Kier alpha value is 0.1000. The second kappa shape index (κ2) is 5.23. The fourth-order valence-corrected chi connectivity index (χ4v) is 4.95. The fraction of sp³-hybridized carbons (Fsp3) is 0.714. The van der Waals surface area contributed by atoms with E-state index in [-0.39, 0.29) is 0 Å². The molecule has 1 N–H and O–H groups in total. The van der Waals surface area contributed by atoms with Crippen molar-refractivity contribution in [2.75, 3.05) is 13.1 Å². The second-order valence-corrected chi connectivity index (χ2v) is 8.35. The minimum atomic E-state index is 0.447. The monoisotopic (exact) mass is 328 g/mol. The van der Waals surface area contributed by atoms with Crippen LogP contribution in [0.3, 0.4) is 0 Å². The molecule has 2 heterocycles. The van der Waals surface area contributed by atoms with Gasteiger partial charge in [0.2, 0.25) is 0 Å². The zero-order valence-corrected chi connectivity index (χ0v) is 13.3. The van der Waals surface area contributed by atoms with Gasteiger partial charge in [0.15, 0.2) is 0 Å². The van der Waals surface area contributed by atoms with Crippen LogP contribution in [0.1, 0.15) is 37.5 Å². The summed E-state index contributed by atoms with van der Waals surface area (Å²) in [6, 6.07) is 5.07. The van der Waals surface area contributed by atoms with Gasteiger partial charge in [0.25, 0.3) is 0 Å². The van der Waals surface area contributed by atoms with Crippen molar-refractivity contribution in [3.8, 4) is 0 Å². The maximum Gasteiger partial charge on any atom is 0.0701 e. The first-order valence-electron chi connectivity index (χ1n) is 6.91. The van der Waals surface area contributed by atoms with E-state index < -0.39 is 0 Å². The third-order valence-electron chi connectivity index (χ3n) is 4.45. The van der Waals surface area contributed by atoms with E-state index >= 15 is 0 Å². The number of nitrogens with one attached hydrogen (secondary N) is 1. The average molecular weight is 329 g/mol. The molecule has 1 spiro atoms. The summed E-state index contributed by atoms with van der Waals surface area (Å²) in [6.07, 6.45) is 5.56. The summed E-state index contributed by atoms with van der Waals surface area (Å²) in [6.45, 7) is 5.80. The zero-order valence-electron chi connectivity index (χ0n) is 10.9. The summed E-state index contributed by atoms with van der Waals surface area (Å²) in [5, 5.41) is 3.69. The van der Waals surface area contributed by atoms with Gasteiger partial charge >= 0.3 is 0 Å². The Balaban J connectivity index is 1.77. The van der Waals surface area contributed by atoms with Crippen molar-refractivity contribution < 1.29 is 0 Å². The lowest BCUT2D eigenvalue weighted by Gasteiger charge is -2.47. The lowest BCUT2D eigenvalue weighted by molar-refractivity contribution is 0.0402. The van der Waals surface area contributed by atoms with Gasteiger partial charge in [0.05, 0.1) is 3.79 Å². The van der Waals surface area contributed by atoms with Gasteiger partial charge in [-0.05, 0) is 47.8 Å². The lowest BCUT2D eigenvalue weighted by atomic mass is 9.91. The molecule has 2 nitrogen and oxygen atoms in total. The van der Waals surface area contributed by atoms with Gasteiger partial charge in [-0.1, -0.05) is 12.8 Å². The Bertz CT molecular complexity index is 412. The van der Waals surface area contributed by atoms with Crippen molar-refractivity contribution in [3.63, 3.8) is 0 Å². The van der Waals surface area contributed by atoms with Gasteiger partial charge in [0, 0.05) is 36.1 Å². The number of thiophene rings is 1. The maximum absolute atomic E-state index is 3.69. The molecule has 0 radical (unpaired) electrons. The highest BCUT2D eigenvalue weighted by Crippen LogP contribution is 2.38. The van der Waals surface area contributed by atoms with Crippen LogP contribution in [0, 0.1) is 0 Å². The highest BCUT2D eigenvalue weighted by atomic mass is 79.9. The number of halogens is 1. The number of hydrogen-bond acceptors (Lipinski definition) is 3. The van der Waals surface area contributed by atoms with E-state index in [1.165, 1.54) is 47.4 Å². The van der Waals surface area contributed by atoms with E-state index in [9.17, 15) is 0 Å². The van der Waals surface area contributed by atoms with Crippen LogP contribution >= 0.6 is 27.3 Å². The number of rotatable bonds is 2. The van der Waals surface area contributed by atoms with Gasteiger partial charge in [-0.25, -0.2) is 0 Å². The van der Waals surface area contributed by atoms with Gasteiger partial charge in [-0.15, -0.1) is 11.3 Å². The Morgan fingerprint density at radius 3 is 2.89 bits per heavy atom. The molecule has 1 saturated carbocycles. The number of hydrogen-bond donors (Lipinski definition) is 1. The molecule has 1 aliphatic carbocycles. The molecule has 1 atom stereocenters. The molecule has 4 heteroatoms. The summed E-state index contributed by atoms with van der Waals surface area (Å²) in [4.78, 5) is 4.24. The van der Waals surface area contributed by atoms with Crippen LogP contribution in [0.25, 0.3) is 0 Å². The highest BCUT2D eigenvalue weighted by molar-refractivity contribution is 9.11. The van der Waals surface area contributed by atoms with Crippen LogP contribution in [0.5, 0.6) is 0 Å². The standard InChI is InChI=1S/C14H21BrN2S/c1-11-8-17(9-12-4-5-13(15)18-12)14(10-16-11)6-2-3-7-14/h4-5,11,16H,2-3,6-10H2,1H3. The Labute approximate surface area is 122 Å². The summed E-state index contributed by atoms with van der Waals surface area (Å²) >= 11 is 5.45. The van der Waals surface area contributed by atoms with Gasteiger partial charge in [0.1, 0.15) is 0 Å². The first-order valence-corrected chi connectivity index (χ1v) is 8.52. The normalized spacial score (nSPS) is 28.0. The van der Waals surface area contributed by atoms with Crippen molar-refractivity contribution in [2.45, 2.75) is 50.7 Å². The van der Waals surface area contributed by atoms with E-state index in [1.807, 2.05) is 11.3 Å². The Kier molecular flexibility index (Phi) is 3.81. The van der Waals surface area contributed by atoms with E-state index in [1.54, 1.807) is 0 Å². The van der Waals surface area contributed by atoms with Crippen molar-refractivity contribution in [3.05, 3.63) is 20.8 Å². The highest BCUT2D eigenvalue weighted by Gasteiger charge is 2.42. The molecular formula is C14H21BrN2S. The van der Waals surface area contributed by atoms with E-state index in [0.29, 0.717) is 11.6 Å². The summed E-state index contributed by atoms with van der Waals surface area (Å²) < 4.78 is 1.25. The summed E-state index contributed by atoms with van der Waals surface area (Å²) in [5.74, 6) is 0. The molecule has 100 valence electrons. The smallest absolute Gasteiger partial charge is 0.0701 e. The van der Waals surface area contributed by atoms with Crippen molar-refractivity contribution in [2.24, 2.45) is 0 Å². The predicted octanol–water partition coefficient (Wildman–Crippen LogP) is 3.62. The minimum absolute atomic E-state index is 0.447. The SMILES string of the molecule is CC1CN(Cc2ccc(Br)s2)C2(CCCC2)CN1. The van der Waals surface area contributed by atoms with Crippen LogP contribution in [-0.4, -0.2) is 29.6 Å². The maximum atomic E-state index is 3.69. The molecule has 3 rings (SSSR count). The molecule has 1 aromatic rings. The van der Waals surface area contributed by atoms with Crippen LogP contribution in [0.15, 0.2) is 15.9 Å². The molecule has 0 bridgehead atoms. The molecular weight excluding hydrogens is 308 g/mol. The van der Waals surface area contributed by atoms with Crippen LogP contribution in [0.4, 0.5) is 0 Å². The third kappa shape index (κ3) is 2.53. The van der Waals surface area contributed by atoms with Gasteiger partial charge in [-0.3, -0.25) is 4.90 Å². The van der Waals surface area contributed by atoms with Crippen LogP contribution in [-0.2, 0) is 6.54 Å². The van der Waals surface area contributed by atoms with Gasteiger partial charge in [-0.2, -0.15) is 0 Å². The van der Waals surface area contributed by atoms with E-state index in [4.69, 9.17) is 0 Å².